The van der Waals surface area contributed by atoms with Gasteiger partial charge in [-0.3, -0.25) is 9.69 Å². The number of likely N-dealkylation sites (tertiary alicyclic amines) is 1. The van der Waals surface area contributed by atoms with Crippen LogP contribution >= 0.6 is 0 Å². The van der Waals surface area contributed by atoms with Gasteiger partial charge in [-0.05, 0) is 33.1 Å². The molecule has 6 nitrogen and oxygen atoms in total. The van der Waals surface area contributed by atoms with Crippen molar-refractivity contribution in [3.8, 4) is 0 Å². The highest BCUT2D eigenvalue weighted by Crippen LogP contribution is 2.24. The van der Waals surface area contributed by atoms with Crippen molar-refractivity contribution in [1.29, 1.82) is 0 Å². The van der Waals surface area contributed by atoms with Gasteiger partial charge in [0.05, 0.1) is 5.54 Å². The van der Waals surface area contributed by atoms with Gasteiger partial charge in [-0.1, -0.05) is 0 Å². The van der Waals surface area contributed by atoms with Crippen LogP contribution in [0.3, 0.4) is 0 Å². The minimum atomic E-state index is -0.880. The fraction of sp³-hybridized carbons (Fsp3) is 0.857. The van der Waals surface area contributed by atoms with E-state index in [1.54, 1.807) is 4.90 Å². The van der Waals surface area contributed by atoms with Gasteiger partial charge in [-0.2, -0.15) is 0 Å². The van der Waals surface area contributed by atoms with E-state index in [1.807, 2.05) is 13.8 Å². The molecule has 0 spiro atoms. The molecule has 0 radical (unpaired) electrons. The third-order valence-electron chi connectivity index (χ3n) is 4.48. The Kier molecular flexibility index (Phi) is 4.65. The number of carbonyl (C=O) groups excluding carboxylic acids is 1. The zero-order valence-corrected chi connectivity index (χ0v) is 12.4. The second kappa shape index (κ2) is 6.10. The Morgan fingerprint density at radius 1 is 1.15 bits per heavy atom. The van der Waals surface area contributed by atoms with Gasteiger partial charge in [-0.25, -0.2) is 4.79 Å². The summed E-state index contributed by atoms with van der Waals surface area (Å²) in [4.78, 5) is 27.9. The number of piperidine rings is 1. The molecule has 0 bridgehead atoms. The first-order valence-corrected chi connectivity index (χ1v) is 7.44. The van der Waals surface area contributed by atoms with Gasteiger partial charge >= 0.3 is 5.97 Å². The van der Waals surface area contributed by atoms with Gasteiger partial charge in [-0.15, -0.1) is 0 Å². The molecule has 0 aromatic rings. The topological polar surface area (TPSA) is 72.9 Å². The monoisotopic (exact) mass is 283 g/mol. The molecule has 2 N–H and O–H groups in total. The molecule has 1 amide bonds. The predicted molar refractivity (Wildman–Crippen MR) is 75.5 cm³/mol. The van der Waals surface area contributed by atoms with Gasteiger partial charge in [0.25, 0.3) is 0 Å². The Labute approximate surface area is 120 Å². The van der Waals surface area contributed by atoms with Gasteiger partial charge < -0.3 is 15.3 Å². The molecular weight excluding hydrogens is 258 g/mol. The number of hydrogen-bond donors (Lipinski definition) is 2. The van der Waals surface area contributed by atoms with Crippen LogP contribution < -0.4 is 5.32 Å². The van der Waals surface area contributed by atoms with Crippen LogP contribution in [0.4, 0.5) is 0 Å². The van der Waals surface area contributed by atoms with Crippen molar-refractivity contribution in [3.63, 3.8) is 0 Å². The number of carboxylic acids is 1. The second-order valence-corrected chi connectivity index (χ2v) is 6.14. The molecule has 20 heavy (non-hydrogen) atoms. The van der Waals surface area contributed by atoms with Crippen LogP contribution in [-0.2, 0) is 9.59 Å². The zero-order chi connectivity index (χ0) is 14.8. The molecule has 2 fully saturated rings. The molecule has 0 aliphatic carbocycles. The highest BCUT2D eigenvalue weighted by atomic mass is 16.4. The van der Waals surface area contributed by atoms with E-state index in [0.717, 1.165) is 39.0 Å². The zero-order valence-electron chi connectivity index (χ0n) is 12.4. The number of nitrogens with zero attached hydrogens (tertiary/aromatic N) is 2. The standard InChI is InChI=1S/C14H25N3O3/c1-14(2,16-9-6-15-7-10-16)13(20)17-8-4-3-5-11(17)12(18)19/h11,15H,3-10H2,1-2H3,(H,18,19)/t11-/m1/s1. The van der Waals surface area contributed by atoms with Crippen molar-refractivity contribution >= 4 is 11.9 Å². The fourth-order valence-corrected chi connectivity index (χ4v) is 3.14. The summed E-state index contributed by atoms with van der Waals surface area (Å²) in [6.45, 7) is 7.78. The van der Waals surface area contributed by atoms with Crippen molar-refractivity contribution in [3.05, 3.63) is 0 Å². The summed E-state index contributed by atoms with van der Waals surface area (Å²) in [6, 6.07) is -0.654. The summed E-state index contributed by atoms with van der Waals surface area (Å²) in [5.41, 5.74) is -0.632. The van der Waals surface area contributed by atoms with E-state index < -0.39 is 17.6 Å². The molecule has 114 valence electrons. The summed E-state index contributed by atoms with van der Waals surface area (Å²) in [5, 5.41) is 12.6. The smallest absolute Gasteiger partial charge is 0.326 e. The van der Waals surface area contributed by atoms with E-state index in [1.165, 1.54) is 0 Å². The minimum Gasteiger partial charge on any atom is -0.480 e. The van der Waals surface area contributed by atoms with Crippen LogP contribution in [0.25, 0.3) is 0 Å². The van der Waals surface area contributed by atoms with E-state index in [2.05, 4.69) is 10.2 Å². The van der Waals surface area contributed by atoms with Crippen molar-refractivity contribution in [2.24, 2.45) is 0 Å². The van der Waals surface area contributed by atoms with Crippen molar-refractivity contribution < 1.29 is 14.7 Å². The number of aliphatic carboxylic acids is 1. The van der Waals surface area contributed by atoms with Crippen molar-refractivity contribution in [2.75, 3.05) is 32.7 Å². The number of piperazine rings is 1. The van der Waals surface area contributed by atoms with Crippen LogP contribution in [0.1, 0.15) is 33.1 Å². The number of nitrogens with one attached hydrogen (secondary N) is 1. The van der Waals surface area contributed by atoms with Crippen LogP contribution in [-0.4, -0.2) is 71.1 Å². The van der Waals surface area contributed by atoms with Crippen molar-refractivity contribution in [2.45, 2.75) is 44.7 Å². The number of amides is 1. The summed E-state index contributed by atoms with van der Waals surface area (Å²) in [6.07, 6.45) is 2.35. The molecule has 0 aromatic heterocycles. The number of carbonyl (C=O) groups is 2. The lowest BCUT2D eigenvalue weighted by molar-refractivity contribution is -0.157. The summed E-state index contributed by atoms with van der Waals surface area (Å²) >= 11 is 0. The SMILES string of the molecule is CC(C)(C(=O)N1CCCC[C@@H]1C(=O)O)N1CCNCC1. The summed E-state index contributed by atoms with van der Waals surface area (Å²) < 4.78 is 0. The first-order chi connectivity index (χ1) is 9.44. The lowest BCUT2D eigenvalue weighted by Crippen LogP contribution is -2.63. The van der Waals surface area contributed by atoms with Crippen LogP contribution in [0.15, 0.2) is 0 Å². The van der Waals surface area contributed by atoms with E-state index >= 15 is 0 Å². The first kappa shape index (κ1) is 15.3. The first-order valence-electron chi connectivity index (χ1n) is 7.44. The Morgan fingerprint density at radius 3 is 2.40 bits per heavy atom. The molecular formula is C14H25N3O3. The lowest BCUT2D eigenvalue weighted by Gasteiger charge is -2.44. The van der Waals surface area contributed by atoms with Gasteiger partial charge in [0.15, 0.2) is 0 Å². The Balaban J connectivity index is 2.12. The molecule has 0 aromatic carbocycles. The number of hydrogen-bond acceptors (Lipinski definition) is 4. The van der Waals surface area contributed by atoms with Gasteiger partial charge in [0, 0.05) is 32.7 Å². The summed E-state index contributed by atoms with van der Waals surface area (Å²) in [5.74, 6) is -0.930. The summed E-state index contributed by atoms with van der Waals surface area (Å²) in [7, 11) is 0. The molecule has 2 aliphatic heterocycles. The van der Waals surface area contributed by atoms with Crippen LogP contribution in [0.5, 0.6) is 0 Å². The maximum absolute atomic E-state index is 12.8. The minimum absolute atomic E-state index is 0.0495. The van der Waals surface area contributed by atoms with E-state index in [4.69, 9.17) is 0 Å². The van der Waals surface area contributed by atoms with Gasteiger partial charge in [0.2, 0.25) is 5.91 Å². The molecule has 1 atom stereocenters. The maximum atomic E-state index is 12.8. The van der Waals surface area contributed by atoms with E-state index in [0.29, 0.717) is 13.0 Å². The molecule has 0 unspecified atom stereocenters. The molecule has 2 aliphatic rings. The number of rotatable bonds is 3. The Morgan fingerprint density at radius 2 is 1.80 bits per heavy atom. The molecule has 2 rings (SSSR count). The average molecular weight is 283 g/mol. The highest BCUT2D eigenvalue weighted by molar-refractivity contribution is 5.89. The van der Waals surface area contributed by atoms with Gasteiger partial charge in [0.1, 0.15) is 6.04 Å². The Bertz CT molecular complexity index is 378. The average Bonchev–Trinajstić information content (AvgIpc) is 2.47. The van der Waals surface area contributed by atoms with E-state index in [-0.39, 0.29) is 5.91 Å². The molecule has 0 saturated carbocycles. The van der Waals surface area contributed by atoms with Crippen LogP contribution in [0.2, 0.25) is 0 Å². The van der Waals surface area contributed by atoms with E-state index in [9.17, 15) is 14.7 Å². The highest BCUT2D eigenvalue weighted by Gasteiger charge is 2.42. The normalized spacial score (nSPS) is 25.5. The van der Waals surface area contributed by atoms with Crippen LogP contribution in [0, 0.1) is 0 Å². The largest absolute Gasteiger partial charge is 0.480 e. The molecule has 6 heteroatoms. The number of carboxylic acid groups (broad SMARTS) is 1. The third-order valence-corrected chi connectivity index (χ3v) is 4.48. The Hall–Kier alpha value is -1.14. The fourth-order valence-electron chi connectivity index (χ4n) is 3.14. The lowest BCUT2D eigenvalue weighted by atomic mass is 9.94. The molecule has 2 heterocycles. The third kappa shape index (κ3) is 2.96. The quantitative estimate of drug-likeness (QED) is 0.770. The maximum Gasteiger partial charge on any atom is 0.326 e. The predicted octanol–water partition coefficient (Wildman–Crippen LogP) is 0.136. The van der Waals surface area contributed by atoms with Crippen molar-refractivity contribution in [1.82, 2.24) is 15.1 Å². The second-order valence-electron chi connectivity index (χ2n) is 6.14. The molecule has 2 saturated heterocycles.